The van der Waals surface area contributed by atoms with Crippen LogP contribution in [-0.4, -0.2) is 28.3 Å². The van der Waals surface area contributed by atoms with Gasteiger partial charge in [0.25, 0.3) is 5.56 Å². The molecule has 0 spiro atoms. The van der Waals surface area contributed by atoms with Crippen LogP contribution in [0, 0.1) is 5.82 Å². The molecule has 1 amide bonds. The number of carbonyl (C=O) groups excluding carboxylic acids is 2. The Morgan fingerprint density at radius 2 is 1.94 bits per heavy atom. The van der Waals surface area contributed by atoms with Crippen LogP contribution in [0.15, 0.2) is 64.8 Å². The normalized spacial score (nSPS) is 10.8. The van der Waals surface area contributed by atoms with Gasteiger partial charge in [-0.25, -0.2) is 9.18 Å². The quantitative estimate of drug-likeness (QED) is 0.410. The van der Waals surface area contributed by atoms with Crippen molar-refractivity contribution in [3.8, 4) is 5.69 Å². The standard InChI is InChI=1S/C24H20FN3O4S/c1-2-32-24(31)21-18-14-33-22(26-19(29)12-11-15-7-4-3-5-8-15)20(18)23(30)28(27-21)17-10-6-9-16(25)13-17/h3-10,13-14H,2,11-12H2,1H3,(H,26,29). The lowest BCUT2D eigenvalue weighted by Gasteiger charge is -2.10. The maximum Gasteiger partial charge on any atom is 0.359 e. The molecule has 4 rings (SSSR count). The number of hydrogen-bond acceptors (Lipinski definition) is 6. The molecule has 168 valence electrons. The summed E-state index contributed by atoms with van der Waals surface area (Å²) in [5, 5.41) is 9.21. The molecule has 0 bridgehead atoms. The third-order valence-corrected chi connectivity index (χ3v) is 5.81. The van der Waals surface area contributed by atoms with Gasteiger partial charge in [-0.3, -0.25) is 9.59 Å². The first kappa shape index (κ1) is 22.3. The van der Waals surface area contributed by atoms with Crippen LogP contribution in [0.25, 0.3) is 16.5 Å². The number of rotatable bonds is 7. The summed E-state index contributed by atoms with van der Waals surface area (Å²) < 4.78 is 19.8. The largest absolute Gasteiger partial charge is 0.461 e. The Hall–Kier alpha value is -3.85. The average molecular weight is 466 g/mol. The molecule has 7 nitrogen and oxygen atoms in total. The monoisotopic (exact) mass is 465 g/mol. The Balaban J connectivity index is 1.74. The topological polar surface area (TPSA) is 90.3 Å². The molecule has 0 aliphatic heterocycles. The summed E-state index contributed by atoms with van der Waals surface area (Å²) in [6.45, 7) is 1.78. The van der Waals surface area contributed by atoms with Crippen LogP contribution in [0.1, 0.15) is 29.4 Å². The van der Waals surface area contributed by atoms with E-state index in [9.17, 15) is 18.8 Å². The molecule has 33 heavy (non-hydrogen) atoms. The van der Waals surface area contributed by atoms with Gasteiger partial charge in [0.05, 0.1) is 17.7 Å². The van der Waals surface area contributed by atoms with Crippen molar-refractivity contribution < 1.29 is 18.7 Å². The molecule has 2 aromatic heterocycles. The van der Waals surface area contributed by atoms with E-state index in [4.69, 9.17) is 4.74 Å². The van der Waals surface area contributed by atoms with E-state index >= 15 is 0 Å². The first-order chi connectivity index (χ1) is 16.0. The number of thiophene rings is 1. The summed E-state index contributed by atoms with van der Waals surface area (Å²) in [7, 11) is 0. The molecular formula is C24H20FN3O4S. The van der Waals surface area contributed by atoms with Crippen molar-refractivity contribution in [1.82, 2.24) is 9.78 Å². The van der Waals surface area contributed by atoms with E-state index in [-0.39, 0.29) is 41.1 Å². The summed E-state index contributed by atoms with van der Waals surface area (Å²) in [6, 6.07) is 14.9. The van der Waals surface area contributed by atoms with Crippen LogP contribution in [0.5, 0.6) is 0 Å². The van der Waals surface area contributed by atoms with Crippen LogP contribution in [-0.2, 0) is 16.0 Å². The number of nitrogens with zero attached hydrogens (tertiary/aromatic N) is 2. The lowest BCUT2D eigenvalue weighted by molar-refractivity contribution is -0.116. The number of fused-ring (bicyclic) bond motifs is 1. The van der Waals surface area contributed by atoms with Gasteiger partial charge in [-0.1, -0.05) is 36.4 Å². The van der Waals surface area contributed by atoms with Gasteiger partial charge in [-0.2, -0.15) is 9.78 Å². The Bertz CT molecular complexity index is 1380. The number of aryl methyl sites for hydroxylation is 1. The first-order valence-corrected chi connectivity index (χ1v) is 11.2. The zero-order chi connectivity index (χ0) is 23.4. The van der Waals surface area contributed by atoms with E-state index in [0.29, 0.717) is 11.4 Å². The van der Waals surface area contributed by atoms with E-state index in [2.05, 4.69) is 10.4 Å². The molecule has 0 aliphatic rings. The molecule has 2 heterocycles. The second kappa shape index (κ2) is 9.74. The number of halogens is 1. The van der Waals surface area contributed by atoms with Crippen LogP contribution in [0.3, 0.4) is 0 Å². The number of ether oxygens (including phenoxy) is 1. The van der Waals surface area contributed by atoms with Gasteiger partial charge in [0.1, 0.15) is 10.8 Å². The minimum absolute atomic E-state index is 0.0863. The Morgan fingerprint density at radius 1 is 1.15 bits per heavy atom. The molecular weight excluding hydrogens is 445 g/mol. The minimum atomic E-state index is -0.715. The highest BCUT2D eigenvalue weighted by atomic mass is 32.1. The van der Waals surface area contributed by atoms with Gasteiger partial charge in [0.15, 0.2) is 5.69 Å². The molecule has 0 radical (unpaired) electrons. The van der Waals surface area contributed by atoms with Crippen LogP contribution in [0.4, 0.5) is 9.39 Å². The van der Waals surface area contributed by atoms with Gasteiger partial charge >= 0.3 is 5.97 Å². The molecule has 0 saturated carbocycles. The van der Waals surface area contributed by atoms with Gasteiger partial charge in [-0.15, -0.1) is 11.3 Å². The summed E-state index contributed by atoms with van der Waals surface area (Å²) in [5.74, 6) is -1.54. The second-order valence-electron chi connectivity index (χ2n) is 7.15. The summed E-state index contributed by atoms with van der Waals surface area (Å²) in [5.41, 5.74) is 0.506. The maximum absolute atomic E-state index is 13.8. The number of hydrogen-bond donors (Lipinski definition) is 1. The first-order valence-electron chi connectivity index (χ1n) is 10.3. The summed E-state index contributed by atoms with van der Waals surface area (Å²) in [6.07, 6.45) is 0.760. The Labute approximate surface area is 192 Å². The maximum atomic E-state index is 13.8. The molecule has 4 aromatic rings. The number of aromatic nitrogens is 2. The summed E-state index contributed by atoms with van der Waals surface area (Å²) >= 11 is 1.12. The van der Waals surface area contributed by atoms with Crippen molar-refractivity contribution in [3.63, 3.8) is 0 Å². The molecule has 0 unspecified atom stereocenters. The van der Waals surface area contributed by atoms with Gasteiger partial charge in [-0.05, 0) is 37.1 Å². The number of amides is 1. The number of esters is 1. The third-order valence-electron chi connectivity index (χ3n) is 4.91. The molecule has 0 fully saturated rings. The van der Waals surface area contributed by atoms with Crippen molar-refractivity contribution >= 4 is 39.0 Å². The fraction of sp³-hybridized carbons (Fsp3) is 0.167. The smallest absolute Gasteiger partial charge is 0.359 e. The lowest BCUT2D eigenvalue weighted by atomic mass is 10.1. The number of carbonyl (C=O) groups is 2. The molecule has 0 saturated heterocycles. The van der Waals surface area contributed by atoms with Gasteiger partial charge in [0, 0.05) is 17.2 Å². The predicted octanol–water partition coefficient (Wildman–Crippen LogP) is 4.33. The fourth-order valence-corrected chi connectivity index (χ4v) is 4.32. The third kappa shape index (κ3) is 4.83. The molecule has 1 N–H and O–H groups in total. The lowest BCUT2D eigenvalue weighted by Crippen LogP contribution is -2.25. The van der Waals surface area contributed by atoms with E-state index in [1.807, 2.05) is 30.3 Å². The highest BCUT2D eigenvalue weighted by Gasteiger charge is 2.23. The van der Waals surface area contributed by atoms with E-state index in [0.717, 1.165) is 27.6 Å². The van der Waals surface area contributed by atoms with E-state index in [1.165, 1.54) is 18.2 Å². The van der Waals surface area contributed by atoms with Crippen molar-refractivity contribution in [2.75, 3.05) is 11.9 Å². The van der Waals surface area contributed by atoms with Crippen molar-refractivity contribution in [2.24, 2.45) is 0 Å². The zero-order valence-corrected chi connectivity index (χ0v) is 18.5. The number of benzene rings is 2. The number of nitrogens with one attached hydrogen (secondary N) is 1. The van der Waals surface area contributed by atoms with Crippen LogP contribution >= 0.6 is 11.3 Å². The zero-order valence-electron chi connectivity index (χ0n) is 17.7. The van der Waals surface area contributed by atoms with Crippen molar-refractivity contribution in [2.45, 2.75) is 19.8 Å². The molecule has 9 heteroatoms. The SMILES string of the molecule is CCOC(=O)c1nn(-c2cccc(F)c2)c(=O)c2c(NC(=O)CCc3ccccc3)scc12. The number of anilines is 1. The highest BCUT2D eigenvalue weighted by Crippen LogP contribution is 2.31. The molecule has 0 aliphatic carbocycles. The average Bonchev–Trinajstić information content (AvgIpc) is 3.23. The van der Waals surface area contributed by atoms with Gasteiger partial charge < -0.3 is 10.1 Å². The Kier molecular flexibility index (Phi) is 6.60. The summed E-state index contributed by atoms with van der Waals surface area (Å²) in [4.78, 5) is 38.4. The van der Waals surface area contributed by atoms with E-state index < -0.39 is 17.3 Å². The molecule has 0 atom stereocenters. The van der Waals surface area contributed by atoms with E-state index in [1.54, 1.807) is 12.3 Å². The fourth-order valence-electron chi connectivity index (χ4n) is 3.37. The predicted molar refractivity (Wildman–Crippen MR) is 125 cm³/mol. The Morgan fingerprint density at radius 3 is 2.67 bits per heavy atom. The van der Waals surface area contributed by atoms with Crippen molar-refractivity contribution in [1.29, 1.82) is 0 Å². The second-order valence-corrected chi connectivity index (χ2v) is 8.03. The highest BCUT2D eigenvalue weighted by molar-refractivity contribution is 7.16. The van der Waals surface area contributed by atoms with Crippen LogP contribution < -0.4 is 10.9 Å². The van der Waals surface area contributed by atoms with Gasteiger partial charge in [0.2, 0.25) is 5.91 Å². The molecule has 2 aromatic carbocycles. The van der Waals surface area contributed by atoms with Crippen LogP contribution in [0.2, 0.25) is 0 Å². The minimum Gasteiger partial charge on any atom is -0.461 e. The van der Waals surface area contributed by atoms with Crippen molar-refractivity contribution in [3.05, 3.63) is 87.4 Å².